The lowest BCUT2D eigenvalue weighted by Gasteiger charge is -2.15. The molecule has 0 fully saturated rings. The van der Waals surface area contributed by atoms with Gasteiger partial charge in [0.05, 0.1) is 5.01 Å². The molecule has 0 saturated carbocycles. The van der Waals surface area contributed by atoms with Crippen LogP contribution in [0, 0.1) is 5.41 Å². The van der Waals surface area contributed by atoms with Crippen molar-refractivity contribution >= 4 is 17.6 Å². The topological polar surface area (TPSA) is 30.0 Å². The maximum atomic E-state index is 10.3. The number of aromatic nitrogens is 1. The third kappa shape index (κ3) is 2.74. The summed E-state index contributed by atoms with van der Waals surface area (Å²) in [5, 5.41) is 2.85. The largest absolute Gasteiger partial charge is 0.296 e. The Kier molecular flexibility index (Phi) is 2.62. The lowest BCUT2D eigenvalue weighted by Crippen LogP contribution is -2.08. The monoisotopic (exact) mass is 183 g/mol. The van der Waals surface area contributed by atoms with Gasteiger partial charge in [-0.2, -0.15) is 0 Å². The number of aldehydes is 1. The molecule has 0 bridgehead atoms. The standard InChI is InChI=1S/C9H13NOS/c1-9(2,3)4-8-10-7(5-11)6-12-8/h5-6H,4H2,1-3H3. The number of nitrogens with zero attached hydrogens (tertiary/aromatic N) is 1. The van der Waals surface area contributed by atoms with Gasteiger partial charge in [0.15, 0.2) is 6.29 Å². The summed E-state index contributed by atoms with van der Waals surface area (Å²) in [4.78, 5) is 14.5. The Balaban J connectivity index is 2.70. The van der Waals surface area contributed by atoms with E-state index in [0.29, 0.717) is 5.69 Å². The lowest BCUT2D eigenvalue weighted by atomic mass is 9.93. The van der Waals surface area contributed by atoms with Crippen LogP contribution in [0.4, 0.5) is 0 Å². The highest BCUT2D eigenvalue weighted by atomic mass is 32.1. The summed E-state index contributed by atoms with van der Waals surface area (Å²) in [5.74, 6) is 0. The Hall–Kier alpha value is -0.700. The van der Waals surface area contributed by atoms with E-state index in [-0.39, 0.29) is 5.41 Å². The molecule has 0 aliphatic heterocycles. The van der Waals surface area contributed by atoms with E-state index >= 15 is 0 Å². The van der Waals surface area contributed by atoms with E-state index in [2.05, 4.69) is 25.8 Å². The summed E-state index contributed by atoms with van der Waals surface area (Å²) in [7, 11) is 0. The normalized spacial score (nSPS) is 11.6. The van der Waals surface area contributed by atoms with Gasteiger partial charge in [-0.1, -0.05) is 20.8 Å². The van der Waals surface area contributed by atoms with Gasteiger partial charge in [-0.3, -0.25) is 4.79 Å². The molecule has 0 aromatic carbocycles. The molecule has 0 saturated heterocycles. The highest BCUT2D eigenvalue weighted by Gasteiger charge is 2.13. The zero-order chi connectivity index (χ0) is 9.19. The summed E-state index contributed by atoms with van der Waals surface area (Å²) < 4.78 is 0. The molecule has 0 aliphatic rings. The van der Waals surface area contributed by atoms with Crippen molar-refractivity contribution in [1.82, 2.24) is 4.98 Å². The average Bonchev–Trinajstić information content (AvgIpc) is 2.32. The summed E-state index contributed by atoms with van der Waals surface area (Å²) in [6.07, 6.45) is 1.73. The van der Waals surface area contributed by atoms with Crippen molar-refractivity contribution < 1.29 is 4.79 Å². The molecule has 0 radical (unpaired) electrons. The van der Waals surface area contributed by atoms with Crippen molar-refractivity contribution in [1.29, 1.82) is 0 Å². The first-order chi connectivity index (χ1) is 5.51. The predicted octanol–water partition coefficient (Wildman–Crippen LogP) is 2.54. The second kappa shape index (κ2) is 3.35. The molecular weight excluding hydrogens is 170 g/mol. The van der Waals surface area contributed by atoms with Crippen LogP contribution >= 0.6 is 11.3 Å². The highest BCUT2D eigenvalue weighted by molar-refractivity contribution is 7.09. The molecule has 0 spiro atoms. The minimum Gasteiger partial charge on any atom is -0.296 e. The van der Waals surface area contributed by atoms with Crippen molar-refractivity contribution in [2.45, 2.75) is 27.2 Å². The summed E-state index contributed by atoms with van der Waals surface area (Å²) >= 11 is 1.56. The lowest BCUT2D eigenvalue weighted by molar-refractivity contribution is 0.111. The molecule has 0 N–H and O–H groups in total. The maximum absolute atomic E-state index is 10.3. The van der Waals surface area contributed by atoms with Crippen molar-refractivity contribution in [3.05, 3.63) is 16.1 Å². The first-order valence-electron chi connectivity index (χ1n) is 3.91. The van der Waals surface area contributed by atoms with E-state index in [9.17, 15) is 4.79 Å². The minimum atomic E-state index is 0.248. The smallest absolute Gasteiger partial charge is 0.169 e. The molecule has 0 atom stereocenters. The summed E-state index contributed by atoms with van der Waals surface area (Å²) in [5.41, 5.74) is 0.803. The first kappa shape index (κ1) is 9.39. The molecular formula is C9H13NOS. The van der Waals surface area contributed by atoms with Gasteiger partial charge in [-0.15, -0.1) is 11.3 Å². The van der Waals surface area contributed by atoms with Crippen LogP contribution in [0.5, 0.6) is 0 Å². The van der Waals surface area contributed by atoms with Crippen LogP contribution in [0.2, 0.25) is 0 Å². The van der Waals surface area contributed by atoms with Crippen LogP contribution in [-0.4, -0.2) is 11.3 Å². The molecule has 66 valence electrons. The van der Waals surface area contributed by atoms with Gasteiger partial charge in [-0.25, -0.2) is 4.98 Å². The average molecular weight is 183 g/mol. The second-order valence-electron chi connectivity index (χ2n) is 4.02. The Labute approximate surface area is 76.6 Å². The van der Waals surface area contributed by atoms with Gasteiger partial charge in [-0.05, 0) is 5.41 Å². The first-order valence-corrected chi connectivity index (χ1v) is 4.79. The zero-order valence-corrected chi connectivity index (χ0v) is 8.44. The molecule has 1 rings (SSSR count). The molecule has 2 nitrogen and oxygen atoms in total. The van der Waals surface area contributed by atoms with E-state index in [0.717, 1.165) is 17.7 Å². The second-order valence-corrected chi connectivity index (χ2v) is 4.96. The number of hydrogen-bond acceptors (Lipinski definition) is 3. The fourth-order valence-corrected chi connectivity index (χ4v) is 1.95. The molecule has 1 aromatic rings. The Bertz CT molecular complexity index is 272. The number of carbonyl (C=O) groups excluding carboxylic acids is 1. The predicted molar refractivity (Wildman–Crippen MR) is 50.7 cm³/mol. The van der Waals surface area contributed by atoms with Gasteiger partial charge in [0.1, 0.15) is 5.69 Å². The summed E-state index contributed by atoms with van der Waals surface area (Å²) in [6, 6.07) is 0. The fourth-order valence-electron chi connectivity index (χ4n) is 0.914. The van der Waals surface area contributed by atoms with Crippen LogP contribution in [0.15, 0.2) is 5.38 Å². The van der Waals surface area contributed by atoms with Crippen LogP contribution < -0.4 is 0 Å². The van der Waals surface area contributed by atoms with Gasteiger partial charge in [0.25, 0.3) is 0 Å². The maximum Gasteiger partial charge on any atom is 0.169 e. The number of rotatable bonds is 2. The van der Waals surface area contributed by atoms with Crippen LogP contribution in [0.1, 0.15) is 36.3 Å². The number of thiazole rings is 1. The van der Waals surface area contributed by atoms with Gasteiger partial charge >= 0.3 is 0 Å². The number of hydrogen-bond donors (Lipinski definition) is 0. The Morgan fingerprint density at radius 2 is 2.25 bits per heavy atom. The van der Waals surface area contributed by atoms with E-state index in [4.69, 9.17) is 0 Å². The van der Waals surface area contributed by atoms with E-state index < -0.39 is 0 Å². The molecule has 12 heavy (non-hydrogen) atoms. The van der Waals surface area contributed by atoms with Crippen LogP contribution in [0.3, 0.4) is 0 Å². The summed E-state index contributed by atoms with van der Waals surface area (Å²) in [6.45, 7) is 6.49. The highest BCUT2D eigenvalue weighted by Crippen LogP contribution is 2.22. The number of carbonyl (C=O) groups is 1. The molecule has 1 heterocycles. The van der Waals surface area contributed by atoms with Crippen molar-refractivity contribution in [2.24, 2.45) is 5.41 Å². The Morgan fingerprint density at radius 3 is 2.67 bits per heavy atom. The van der Waals surface area contributed by atoms with Gasteiger partial charge < -0.3 is 0 Å². The molecule has 0 amide bonds. The van der Waals surface area contributed by atoms with Gasteiger partial charge in [0, 0.05) is 11.8 Å². The quantitative estimate of drug-likeness (QED) is 0.659. The fraction of sp³-hybridized carbons (Fsp3) is 0.556. The van der Waals surface area contributed by atoms with E-state index in [1.165, 1.54) is 0 Å². The van der Waals surface area contributed by atoms with Crippen molar-refractivity contribution in [2.75, 3.05) is 0 Å². The molecule has 1 aromatic heterocycles. The minimum absolute atomic E-state index is 0.248. The SMILES string of the molecule is CC(C)(C)Cc1nc(C=O)cs1. The molecule has 0 unspecified atom stereocenters. The Morgan fingerprint density at radius 1 is 1.58 bits per heavy atom. The third-order valence-electron chi connectivity index (χ3n) is 1.37. The van der Waals surface area contributed by atoms with Crippen LogP contribution in [-0.2, 0) is 6.42 Å². The van der Waals surface area contributed by atoms with E-state index in [1.54, 1.807) is 16.7 Å². The third-order valence-corrected chi connectivity index (χ3v) is 2.24. The van der Waals surface area contributed by atoms with Gasteiger partial charge in [0.2, 0.25) is 0 Å². The van der Waals surface area contributed by atoms with E-state index in [1.807, 2.05) is 0 Å². The van der Waals surface area contributed by atoms with Crippen LogP contribution in [0.25, 0.3) is 0 Å². The molecule has 3 heteroatoms. The molecule has 0 aliphatic carbocycles. The zero-order valence-electron chi connectivity index (χ0n) is 7.63. The van der Waals surface area contributed by atoms with Crippen molar-refractivity contribution in [3.8, 4) is 0 Å². The van der Waals surface area contributed by atoms with Crippen molar-refractivity contribution in [3.63, 3.8) is 0 Å².